The van der Waals surface area contributed by atoms with Crippen molar-refractivity contribution < 1.29 is 14.6 Å². The summed E-state index contributed by atoms with van der Waals surface area (Å²) in [5.74, 6) is 0.405. The number of ether oxygens (including phenoxy) is 1. The van der Waals surface area contributed by atoms with Crippen LogP contribution in [0.15, 0.2) is 18.2 Å². The zero-order valence-electron chi connectivity index (χ0n) is 7.00. The highest BCUT2D eigenvalue weighted by Crippen LogP contribution is 2.18. The van der Waals surface area contributed by atoms with E-state index in [1.807, 2.05) is 19.1 Å². The molecule has 64 valence electrons. The van der Waals surface area contributed by atoms with Crippen molar-refractivity contribution in [3.63, 3.8) is 0 Å². The molecule has 1 aromatic rings. The van der Waals surface area contributed by atoms with Gasteiger partial charge < -0.3 is 9.84 Å². The van der Waals surface area contributed by atoms with Crippen LogP contribution in [0, 0.1) is 13.8 Å². The number of hydrogen-bond acceptors (Lipinski definition) is 2. The fraction of sp³-hybridized carbons (Fsp3) is 0.222. The topological polar surface area (TPSA) is 46.5 Å². The number of aryl methyl sites for hydroxylation is 2. The van der Waals surface area contributed by atoms with E-state index in [9.17, 15) is 4.79 Å². The van der Waals surface area contributed by atoms with Gasteiger partial charge in [0.2, 0.25) is 0 Å². The van der Waals surface area contributed by atoms with Crippen LogP contribution in [0.1, 0.15) is 11.1 Å². The van der Waals surface area contributed by atoms with E-state index in [-0.39, 0.29) is 0 Å². The van der Waals surface area contributed by atoms with Gasteiger partial charge in [-0.3, -0.25) is 0 Å². The van der Waals surface area contributed by atoms with Crippen LogP contribution in [0.4, 0.5) is 4.79 Å². The van der Waals surface area contributed by atoms with Gasteiger partial charge in [0, 0.05) is 0 Å². The van der Waals surface area contributed by atoms with Gasteiger partial charge in [-0.25, -0.2) is 4.79 Å². The average molecular weight is 166 g/mol. The highest BCUT2D eigenvalue weighted by atomic mass is 16.7. The molecule has 0 aromatic heterocycles. The number of hydrogen-bond donors (Lipinski definition) is 1. The van der Waals surface area contributed by atoms with Crippen molar-refractivity contribution in [2.24, 2.45) is 0 Å². The number of benzene rings is 1. The molecule has 0 saturated heterocycles. The van der Waals surface area contributed by atoms with E-state index in [0.717, 1.165) is 11.1 Å². The second-order valence-corrected chi connectivity index (χ2v) is 2.64. The second kappa shape index (κ2) is 3.26. The van der Waals surface area contributed by atoms with Crippen LogP contribution in [0.2, 0.25) is 0 Å². The Morgan fingerprint density at radius 2 is 2.08 bits per heavy atom. The lowest BCUT2D eigenvalue weighted by atomic mass is 10.1. The van der Waals surface area contributed by atoms with Crippen LogP contribution in [-0.2, 0) is 0 Å². The lowest BCUT2D eigenvalue weighted by molar-refractivity contribution is 0.144. The third-order valence-electron chi connectivity index (χ3n) is 1.54. The lowest BCUT2D eigenvalue weighted by Gasteiger charge is -2.03. The third-order valence-corrected chi connectivity index (χ3v) is 1.54. The Hall–Kier alpha value is -1.51. The smallest absolute Gasteiger partial charge is 0.449 e. The molecule has 0 unspecified atom stereocenters. The first-order chi connectivity index (χ1) is 5.59. The van der Waals surface area contributed by atoms with E-state index in [4.69, 9.17) is 5.11 Å². The van der Waals surface area contributed by atoms with E-state index in [1.165, 1.54) is 0 Å². The van der Waals surface area contributed by atoms with Crippen LogP contribution in [0.3, 0.4) is 0 Å². The predicted molar refractivity (Wildman–Crippen MR) is 44.6 cm³/mol. The van der Waals surface area contributed by atoms with Crippen LogP contribution in [0.25, 0.3) is 0 Å². The minimum absolute atomic E-state index is 0.405. The molecule has 0 radical (unpaired) electrons. The molecule has 3 nitrogen and oxygen atoms in total. The quantitative estimate of drug-likeness (QED) is 0.514. The third kappa shape index (κ3) is 1.99. The molecule has 0 aliphatic rings. The zero-order valence-corrected chi connectivity index (χ0v) is 7.00. The molecule has 0 atom stereocenters. The largest absolute Gasteiger partial charge is 0.511 e. The summed E-state index contributed by atoms with van der Waals surface area (Å²) >= 11 is 0. The van der Waals surface area contributed by atoms with E-state index in [0.29, 0.717) is 5.75 Å². The van der Waals surface area contributed by atoms with Crippen LogP contribution >= 0.6 is 0 Å². The predicted octanol–water partition coefficient (Wildman–Crippen LogP) is 2.36. The number of carboxylic acid groups (broad SMARTS) is 1. The summed E-state index contributed by atoms with van der Waals surface area (Å²) in [7, 11) is 0. The summed E-state index contributed by atoms with van der Waals surface area (Å²) in [6, 6.07) is 5.43. The van der Waals surface area contributed by atoms with Gasteiger partial charge in [0.15, 0.2) is 0 Å². The van der Waals surface area contributed by atoms with Gasteiger partial charge in [0.05, 0.1) is 0 Å². The highest BCUT2D eigenvalue weighted by molar-refractivity contribution is 5.62. The normalized spacial score (nSPS) is 9.50. The maximum atomic E-state index is 10.2. The Bertz CT molecular complexity index is 305. The van der Waals surface area contributed by atoms with Crippen molar-refractivity contribution in [2.45, 2.75) is 13.8 Å². The van der Waals surface area contributed by atoms with E-state index in [2.05, 4.69) is 4.74 Å². The Labute approximate surface area is 70.6 Å². The van der Waals surface area contributed by atoms with Gasteiger partial charge >= 0.3 is 6.16 Å². The minimum Gasteiger partial charge on any atom is -0.449 e. The van der Waals surface area contributed by atoms with E-state index in [1.54, 1.807) is 13.0 Å². The molecule has 0 saturated carbocycles. The molecule has 0 bridgehead atoms. The first-order valence-electron chi connectivity index (χ1n) is 3.57. The molecular formula is C9H10O3. The first kappa shape index (κ1) is 8.59. The molecule has 0 aliphatic heterocycles. The first-order valence-corrected chi connectivity index (χ1v) is 3.57. The van der Waals surface area contributed by atoms with Gasteiger partial charge in [-0.05, 0) is 31.0 Å². The summed E-state index contributed by atoms with van der Waals surface area (Å²) in [6.45, 7) is 3.69. The van der Waals surface area contributed by atoms with Gasteiger partial charge in [-0.2, -0.15) is 0 Å². The fourth-order valence-electron chi connectivity index (χ4n) is 0.911. The molecule has 3 heteroatoms. The average Bonchev–Trinajstić information content (AvgIpc) is 1.96. The standard InChI is InChI=1S/C9H10O3/c1-6-3-4-7(2)8(5-6)12-9(10)11/h3-5H,1-2H3,(H,10,11). The zero-order chi connectivity index (χ0) is 9.14. The van der Waals surface area contributed by atoms with Crippen molar-refractivity contribution in [3.8, 4) is 5.75 Å². The maximum Gasteiger partial charge on any atom is 0.511 e. The molecule has 1 aromatic carbocycles. The molecular weight excluding hydrogens is 156 g/mol. The number of rotatable bonds is 1. The Balaban J connectivity index is 2.97. The summed E-state index contributed by atoms with van der Waals surface area (Å²) in [5, 5.41) is 8.36. The molecule has 1 N–H and O–H groups in total. The molecule has 0 aliphatic carbocycles. The maximum absolute atomic E-state index is 10.2. The molecule has 1 rings (SSSR count). The van der Waals surface area contributed by atoms with Gasteiger partial charge in [0.1, 0.15) is 5.75 Å². The van der Waals surface area contributed by atoms with Gasteiger partial charge in [0.25, 0.3) is 0 Å². The second-order valence-electron chi connectivity index (χ2n) is 2.64. The van der Waals surface area contributed by atoms with Crippen molar-refractivity contribution >= 4 is 6.16 Å². The Morgan fingerprint density at radius 1 is 1.42 bits per heavy atom. The van der Waals surface area contributed by atoms with E-state index < -0.39 is 6.16 Å². The SMILES string of the molecule is Cc1ccc(C)c(OC(=O)O)c1. The van der Waals surface area contributed by atoms with Crippen LogP contribution in [-0.4, -0.2) is 11.3 Å². The van der Waals surface area contributed by atoms with Crippen molar-refractivity contribution in [1.29, 1.82) is 0 Å². The lowest BCUT2D eigenvalue weighted by Crippen LogP contribution is -2.04. The molecule has 0 spiro atoms. The summed E-state index contributed by atoms with van der Waals surface area (Å²) in [4.78, 5) is 10.2. The van der Waals surface area contributed by atoms with Gasteiger partial charge in [-0.1, -0.05) is 12.1 Å². The highest BCUT2D eigenvalue weighted by Gasteiger charge is 2.03. The summed E-state index contributed by atoms with van der Waals surface area (Å²) in [5.41, 5.74) is 1.81. The Morgan fingerprint density at radius 3 is 2.67 bits per heavy atom. The van der Waals surface area contributed by atoms with Crippen LogP contribution in [0.5, 0.6) is 5.75 Å². The van der Waals surface area contributed by atoms with Crippen molar-refractivity contribution in [3.05, 3.63) is 29.3 Å². The summed E-state index contributed by atoms with van der Waals surface area (Å²) < 4.78 is 4.54. The summed E-state index contributed by atoms with van der Waals surface area (Å²) in [6.07, 6.45) is -1.27. The molecule has 0 fully saturated rings. The van der Waals surface area contributed by atoms with Crippen molar-refractivity contribution in [1.82, 2.24) is 0 Å². The molecule has 12 heavy (non-hydrogen) atoms. The fourth-order valence-corrected chi connectivity index (χ4v) is 0.911. The molecule has 0 heterocycles. The monoisotopic (exact) mass is 166 g/mol. The minimum atomic E-state index is -1.27. The van der Waals surface area contributed by atoms with E-state index >= 15 is 0 Å². The molecule has 0 amide bonds. The van der Waals surface area contributed by atoms with Crippen LogP contribution < -0.4 is 4.74 Å². The van der Waals surface area contributed by atoms with Crippen molar-refractivity contribution in [2.75, 3.05) is 0 Å². The van der Waals surface area contributed by atoms with Gasteiger partial charge in [-0.15, -0.1) is 0 Å². The Kier molecular flexibility index (Phi) is 2.33. The number of carbonyl (C=O) groups is 1.